The van der Waals surface area contributed by atoms with Crippen LogP contribution in [0.25, 0.3) is 0 Å². The van der Waals surface area contributed by atoms with E-state index in [1.54, 1.807) is 23.3 Å². The summed E-state index contributed by atoms with van der Waals surface area (Å²) in [6, 6.07) is 12.2. The summed E-state index contributed by atoms with van der Waals surface area (Å²) in [7, 11) is 0. The number of carbonyl (C=O) groups excluding carboxylic acids is 1. The Morgan fingerprint density at radius 1 is 1.16 bits per heavy atom. The summed E-state index contributed by atoms with van der Waals surface area (Å²) in [4.78, 5) is 27.1. The number of aliphatic carboxylic acids is 1. The van der Waals surface area contributed by atoms with Crippen molar-refractivity contribution >= 4 is 12.1 Å². The third-order valence-corrected chi connectivity index (χ3v) is 4.18. The van der Waals surface area contributed by atoms with Gasteiger partial charge in [0.25, 0.3) is 0 Å². The minimum atomic E-state index is -0.966. The molecule has 25 heavy (non-hydrogen) atoms. The number of furan rings is 1. The molecule has 132 valence electrons. The molecule has 0 saturated carbocycles. The molecule has 2 heterocycles. The Bertz CT molecular complexity index is 702. The third kappa shape index (κ3) is 4.39. The van der Waals surface area contributed by atoms with Crippen LogP contribution >= 0.6 is 0 Å². The third-order valence-electron chi connectivity index (χ3n) is 4.18. The predicted molar refractivity (Wildman–Crippen MR) is 88.7 cm³/mol. The van der Waals surface area contributed by atoms with E-state index in [0.29, 0.717) is 25.4 Å². The van der Waals surface area contributed by atoms with Crippen LogP contribution < -0.4 is 0 Å². The summed E-state index contributed by atoms with van der Waals surface area (Å²) in [5, 5.41) is 9.49. The normalized spacial score (nSPS) is 18.1. The fraction of sp³-hybridized carbons (Fsp3) is 0.333. The van der Waals surface area contributed by atoms with Crippen LogP contribution in [0.1, 0.15) is 11.3 Å². The van der Waals surface area contributed by atoms with Gasteiger partial charge in [-0.15, -0.1) is 0 Å². The van der Waals surface area contributed by atoms with E-state index in [1.807, 2.05) is 30.3 Å². The lowest BCUT2D eigenvalue weighted by Crippen LogP contribution is -2.57. The lowest BCUT2D eigenvalue weighted by molar-refractivity contribution is -0.145. The van der Waals surface area contributed by atoms with Gasteiger partial charge < -0.3 is 19.2 Å². The highest BCUT2D eigenvalue weighted by atomic mass is 16.6. The van der Waals surface area contributed by atoms with Crippen molar-refractivity contribution in [2.45, 2.75) is 19.2 Å². The van der Waals surface area contributed by atoms with E-state index in [2.05, 4.69) is 0 Å². The molecule has 3 rings (SSSR count). The molecule has 0 radical (unpaired) electrons. The maximum Gasteiger partial charge on any atom is 0.410 e. The van der Waals surface area contributed by atoms with E-state index < -0.39 is 18.1 Å². The van der Waals surface area contributed by atoms with Crippen molar-refractivity contribution in [2.24, 2.45) is 0 Å². The van der Waals surface area contributed by atoms with Gasteiger partial charge >= 0.3 is 12.1 Å². The van der Waals surface area contributed by atoms with E-state index in [-0.39, 0.29) is 13.2 Å². The van der Waals surface area contributed by atoms with Crippen LogP contribution in [-0.4, -0.2) is 52.6 Å². The second-order valence-corrected chi connectivity index (χ2v) is 5.89. The first kappa shape index (κ1) is 17.0. The van der Waals surface area contributed by atoms with E-state index >= 15 is 0 Å². The number of carboxylic acid groups (broad SMARTS) is 1. The van der Waals surface area contributed by atoms with Gasteiger partial charge in [0, 0.05) is 13.1 Å². The number of benzene rings is 1. The molecule has 1 amide bonds. The molecular formula is C18H20N2O5. The second kappa shape index (κ2) is 7.85. The molecule has 2 aromatic rings. The summed E-state index contributed by atoms with van der Waals surface area (Å²) in [6.45, 7) is 1.51. The average Bonchev–Trinajstić information content (AvgIpc) is 3.14. The first-order valence-corrected chi connectivity index (χ1v) is 8.08. The molecule has 1 saturated heterocycles. The number of ether oxygens (including phenoxy) is 1. The number of rotatable bonds is 5. The summed E-state index contributed by atoms with van der Waals surface area (Å²) in [6.07, 6.45) is 1.07. The van der Waals surface area contributed by atoms with E-state index in [9.17, 15) is 14.7 Å². The Morgan fingerprint density at radius 2 is 1.96 bits per heavy atom. The predicted octanol–water partition coefficient (Wildman–Crippen LogP) is 2.19. The Labute approximate surface area is 145 Å². The molecule has 1 aliphatic heterocycles. The standard InChI is InChI=1S/C18H20N2O5/c21-17(22)16-12-20(9-8-19(16)11-15-7-4-10-24-15)18(23)25-13-14-5-2-1-3-6-14/h1-7,10,16H,8-9,11-13H2,(H,21,22)/t16-/m0/s1. The molecular weight excluding hydrogens is 324 g/mol. The highest BCUT2D eigenvalue weighted by molar-refractivity contribution is 5.76. The van der Waals surface area contributed by atoms with Crippen molar-refractivity contribution in [1.29, 1.82) is 0 Å². The quantitative estimate of drug-likeness (QED) is 0.895. The zero-order chi connectivity index (χ0) is 17.6. The maximum atomic E-state index is 12.2. The number of carbonyl (C=O) groups is 2. The van der Waals surface area contributed by atoms with E-state index in [0.717, 1.165) is 5.56 Å². The molecule has 1 N–H and O–H groups in total. The van der Waals surface area contributed by atoms with Crippen LogP contribution in [0.2, 0.25) is 0 Å². The average molecular weight is 344 g/mol. The van der Waals surface area contributed by atoms with Crippen LogP contribution in [0.5, 0.6) is 0 Å². The lowest BCUT2D eigenvalue weighted by Gasteiger charge is -2.38. The minimum Gasteiger partial charge on any atom is -0.480 e. The molecule has 0 spiro atoms. The number of hydrogen-bond donors (Lipinski definition) is 1. The van der Waals surface area contributed by atoms with Crippen molar-refractivity contribution in [3.8, 4) is 0 Å². The Hall–Kier alpha value is -2.80. The van der Waals surface area contributed by atoms with Gasteiger partial charge in [-0.1, -0.05) is 30.3 Å². The van der Waals surface area contributed by atoms with Crippen LogP contribution in [0.4, 0.5) is 4.79 Å². The number of amides is 1. The largest absolute Gasteiger partial charge is 0.480 e. The number of piperazine rings is 1. The first-order chi connectivity index (χ1) is 12.1. The van der Waals surface area contributed by atoms with Crippen LogP contribution in [0, 0.1) is 0 Å². The summed E-state index contributed by atoms with van der Waals surface area (Å²) < 4.78 is 10.6. The number of nitrogens with zero attached hydrogens (tertiary/aromatic N) is 2. The molecule has 1 atom stereocenters. The molecule has 7 heteroatoms. The van der Waals surface area contributed by atoms with Crippen molar-refractivity contribution in [3.63, 3.8) is 0 Å². The minimum absolute atomic E-state index is 0.0870. The monoisotopic (exact) mass is 344 g/mol. The smallest absolute Gasteiger partial charge is 0.410 e. The van der Waals surface area contributed by atoms with Crippen LogP contribution in [0.15, 0.2) is 53.1 Å². The second-order valence-electron chi connectivity index (χ2n) is 5.89. The van der Waals surface area contributed by atoms with Gasteiger partial charge in [-0.3, -0.25) is 9.69 Å². The van der Waals surface area contributed by atoms with Gasteiger partial charge in [-0.25, -0.2) is 4.79 Å². The molecule has 1 aliphatic rings. The van der Waals surface area contributed by atoms with Gasteiger partial charge in [0.1, 0.15) is 18.4 Å². The molecule has 0 unspecified atom stereocenters. The SMILES string of the molecule is O=C(O)[C@@H]1CN(C(=O)OCc2ccccc2)CCN1Cc1ccco1. The van der Waals surface area contributed by atoms with Crippen molar-refractivity contribution in [3.05, 3.63) is 60.1 Å². The summed E-state index contributed by atoms with van der Waals surface area (Å²) >= 11 is 0. The Balaban J connectivity index is 1.57. The summed E-state index contributed by atoms with van der Waals surface area (Å²) in [5.74, 6) is -0.265. The van der Waals surface area contributed by atoms with Crippen LogP contribution in [-0.2, 0) is 22.7 Å². The van der Waals surface area contributed by atoms with E-state index in [4.69, 9.17) is 9.15 Å². The summed E-state index contributed by atoms with van der Waals surface area (Å²) in [5.41, 5.74) is 0.891. The zero-order valence-electron chi connectivity index (χ0n) is 13.7. The van der Waals surface area contributed by atoms with Crippen LogP contribution in [0.3, 0.4) is 0 Å². The molecule has 1 aromatic heterocycles. The van der Waals surface area contributed by atoms with Gasteiger partial charge in [0.2, 0.25) is 0 Å². The molecule has 1 aromatic carbocycles. The van der Waals surface area contributed by atoms with Gasteiger partial charge in [-0.05, 0) is 17.7 Å². The van der Waals surface area contributed by atoms with Gasteiger partial charge in [0.05, 0.1) is 19.4 Å². The Kier molecular flexibility index (Phi) is 5.35. The zero-order valence-corrected chi connectivity index (χ0v) is 13.7. The van der Waals surface area contributed by atoms with E-state index in [1.165, 1.54) is 4.90 Å². The molecule has 7 nitrogen and oxygen atoms in total. The molecule has 0 bridgehead atoms. The first-order valence-electron chi connectivity index (χ1n) is 8.08. The fourth-order valence-corrected chi connectivity index (χ4v) is 2.82. The van der Waals surface area contributed by atoms with Crippen molar-refractivity contribution in [2.75, 3.05) is 19.6 Å². The fourth-order valence-electron chi connectivity index (χ4n) is 2.82. The van der Waals surface area contributed by atoms with Gasteiger partial charge in [0.15, 0.2) is 0 Å². The highest BCUT2D eigenvalue weighted by Crippen LogP contribution is 2.16. The molecule has 0 aliphatic carbocycles. The highest BCUT2D eigenvalue weighted by Gasteiger charge is 2.35. The lowest BCUT2D eigenvalue weighted by atomic mass is 10.1. The van der Waals surface area contributed by atoms with Crippen molar-refractivity contribution < 1.29 is 23.8 Å². The Morgan fingerprint density at radius 3 is 2.64 bits per heavy atom. The topological polar surface area (TPSA) is 83.2 Å². The number of carboxylic acids is 1. The van der Waals surface area contributed by atoms with Gasteiger partial charge in [-0.2, -0.15) is 0 Å². The van der Waals surface area contributed by atoms with Crippen molar-refractivity contribution in [1.82, 2.24) is 9.80 Å². The molecule has 1 fully saturated rings. The number of hydrogen-bond acceptors (Lipinski definition) is 5. The maximum absolute atomic E-state index is 12.2.